The van der Waals surface area contributed by atoms with Gasteiger partial charge in [-0.05, 0) is 67.8 Å². The number of aliphatic hydroxyl groups excluding tert-OH is 1. The molecule has 2 atom stereocenters. The van der Waals surface area contributed by atoms with Crippen LogP contribution in [0.5, 0.6) is 0 Å². The highest BCUT2D eigenvalue weighted by molar-refractivity contribution is 6.04. The number of imidazole rings is 1. The second kappa shape index (κ2) is 9.96. The summed E-state index contributed by atoms with van der Waals surface area (Å²) in [7, 11) is 0. The summed E-state index contributed by atoms with van der Waals surface area (Å²) in [5.41, 5.74) is 2.11. The fourth-order valence-corrected chi connectivity index (χ4v) is 5.43. The largest absolute Gasteiger partial charge is 0.391 e. The Morgan fingerprint density at radius 3 is 2.77 bits per heavy atom. The lowest BCUT2D eigenvalue weighted by molar-refractivity contribution is 0.102. The minimum absolute atomic E-state index is 0.286. The first-order valence-electron chi connectivity index (χ1n) is 12.8. The van der Waals surface area contributed by atoms with Gasteiger partial charge in [-0.1, -0.05) is 0 Å². The third-order valence-electron chi connectivity index (χ3n) is 7.34. The van der Waals surface area contributed by atoms with Crippen LogP contribution in [-0.2, 0) is 0 Å². The van der Waals surface area contributed by atoms with E-state index in [1.54, 1.807) is 24.3 Å². The van der Waals surface area contributed by atoms with Crippen molar-refractivity contribution < 1.29 is 18.7 Å². The molecule has 1 amide bonds. The van der Waals surface area contributed by atoms with Crippen LogP contribution >= 0.6 is 0 Å². The summed E-state index contributed by atoms with van der Waals surface area (Å²) in [5.74, 6) is -0.518. The molecule has 9 nitrogen and oxygen atoms in total. The van der Waals surface area contributed by atoms with Crippen LogP contribution in [-0.4, -0.2) is 51.4 Å². The number of hydrogen-bond acceptors (Lipinski definition) is 7. The molecule has 4 heterocycles. The molecule has 2 saturated heterocycles. The Hall–Kier alpha value is -4.56. The number of carbonyl (C=O) groups is 1. The predicted octanol–water partition coefficient (Wildman–Crippen LogP) is 4.04. The molecule has 0 aliphatic carbocycles. The van der Waals surface area contributed by atoms with Crippen molar-refractivity contribution in [2.75, 3.05) is 34.8 Å². The van der Waals surface area contributed by atoms with Gasteiger partial charge in [-0.3, -0.25) is 4.79 Å². The summed E-state index contributed by atoms with van der Waals surface area (Å²) < 4.78 is 29.9. The first kappa shape index (κ1) is 24.8. The molecule has 198 valence electrons. The van der Waals surface area contributed by atoms with Crippen molar-refractivity contribution in [2.24, 2.45) is 0 Å². The number of rotatable bonds is 5. The maximum absolute atomic E-state index is 14.6. The highest BCUT2D eigenvalue weighted by atomic mass is 19.1. The summed E-state index contributed by atoms with van der Waals surface area (Å²) in [6.07, 6.45) is 3.13. The van der Waals surface area contributed by atoms with Gasteiger partial charge in [-0.25, -0.2) is 13.8 Å². The van der Waals surface area contributed by atoms with Gasteiger partial charge in [0.2, 0.25) is 0 Å². The highest BCUT2D eigenvalue weighted by Gasteiger charge is 2.30. The van der Waals surface area contributed by atoms with E-state index in [0.717, 1.165) is 18.6 Å². The normalized spacial score (nSPS) is 19.0. The van der Waals surface area contributed by atoms with Crippen molar-refractivity contribution in [3.63, 3.8) is 0 Å². The Morgan fingerprint density at radius 1 is 1.10 bits per heavy atom. The lowest BCUT2D eigenvalue weighted by atomic mass is 10.0. The number of anilines is 3. The number of aliphatic hydroxyl groups is 1. The van der Waals surface area contributed by atoms with Crippen LogP contribution in [0.15, 0.2) is 54.7 Å². The minimum atomic E-state index is -0.494. The second-order valence-electron chi connectivity index (χ2n) is 9.81. The van der Waals surface area contributed by atoms with E-state index in [1.807, 2.05) is 9.80 Å². The summed E-state index contributed by atoms with van der Waals surface area (Å²) >= 11 is 0. The molecule has 2 aromatic carbocycles. The van der Waals surface area contributed by atoms with Crippen molar-refractivity contribution >= 4 is 28.9 Å². The molecule has 0 saturated carbocycles. The maximum atomic E-state index is 14.6. The average Bonchev–Trinajstić information content (AvgIpc) is 3.69. The van der Waals surface area contributed by atoms with Crippen LogP contribution in [0.25, 0.3) is 5.65 Å². The van der Waals surface area contributed by atoms with Gasteiger partial charge in [-0.15, -0.1) is 5.10 Å². The number of nitriles is 1. The number of nitrogens with zero attached hydrogens (tertiary/aromatic N) is 6. The summed E-state index contributed by atoms with van der Waals surface area (Å²) in [6.45, 7) is 1.70. The molecule has 2 fully saturated rings. The standard InChI is InChI=1S/C28H25F2N7O2/c29-19-4-5-22(30)21(13-19)24-2-1-10-36(24)26-8-7-25-32-15-27(37(25)34-26)33-28(39)17-3-6-23(18(12-17)14-31)35-11-9-20(38)16-35/h3-8,12-13,15,20,24,38H,1-2,9-11,16H2,(H,33,39)/t20-,24+/m0/s1. The van der Waals surface area contributed by atoms with E-state index in [1.165, 1.54) is 22.8 Å². The summed E-state index contributed by atoms with van der Waals surface area (Å²) in [6, 6.07) is 13.7. The van der Waals surface area contributed by atoms with Gasteiger partial charge < -0.3 is 20.2 Å². The number of hydrogen-bond donors (Lipinski definition) is 2. The van der Waals surface area contributed by atoms with E-state index in [0.29, 0.717) is 66.6 Å². The van der Waals surface area contributed by atoms with E-state index in [4.69, 9.17) is 0 Å². The van der Waals surface area contributed by atoms with Gasteiger partial charge in [-0.2, -0.15) is 9.78 Å². The van der Waals surface area contributed by atoms with Crippen molar-refractivity contribution in [1.82, 2.24) is 14.6 Å². The van der Waals surface area contributed by atoms with Crippen LogP contribution < -0.4 is 15.1 Å². The minimum Gasteiger partial charge on any atom is -0.391 e. The van der Waals surface area contributed by atoms with Crippen LogP contribution in [0.4, 0.5) is 26.1 Å². The Bertz CT molecular complexity index is 1620. The maximum Gasteiger partial charge on any atom is 0.256 e. The molecule has 39 heavy (non-hydrogen) atoms. The summed E-state index contributed by atoms with van der Waals surface area (Å²) in [5, 5.41) is 27.0. The Kier molecular flexibility index (Phi) is 6.32. The smallest absolute Gasteiger partial charge is 0.256 e. The molecule has 4 aromatic rings. The van der Waals surface area contributed by atoms with Crippen LogP contribution in [0.2, 0.25) is 0 Å². The fourth-order valence-electron chi connectivity index (χ4n) is 5.43. The number of nitrogens with one attached hydrogen (secondary N) is 1. The predicted molar refractivity (Wildman–Crippen MR) is 141 cm³/mol. The highest BCUT2D eigenvalue weighted by Crippen LogP contribution is 2.37. The van der Waals surface area contributed by atoms with E-state index in [-0.39, 0.29) is 11.6 Å². The topological polar surface area (TPSA) is 110 Å². The number of halogens is 2. The molecule has 0 bridgehead atoms. The molecule has 6 rings (SSSR count). The molecular formula is C28H25F2N7O2. The van der Waals surface area contributed by atoms with Gasteiger partial charge in [0.15, 0.2) is 11.5 Å². The molecular weight excluding hydrogens is 504 g/mol. The van der Waals surface area contributed by atoms with Crippen LogP contribution in [0.1, 0.15) is 46.8 Å². The van der Waals surface area contributed by atoms with E-state index in [2.05, 4.69) is 21.5 Å². The average molecular weight is 530 g/mol. The lowest BCUT2D eigenvalue weighted by Crippen LogP contribution is -2.25. The molecule has 2 aliphatic heterocycles. The quantitative estimate of drug-likeness (QED) is 0.402. The molecule has 2 aliphatic rings. The summed E-state index contributed by atoms with van der Waals surface area (Å²) in [4.78, 5) is 21.3. The van der Waals surface area contributed by atoms with Crippen molar-refractivity contribution in [1.29, 1.82) is 5.26 Å². The third-order valence-corrected chi connectivity index (χ3v) is 7.34. The van der Waals surface area contributed by atoms with Gasteiger partial charge in [0, 0.05) is 30.8 Å². The first-order valence-corrected chi connectivity index (χ1v) is 12.8. The molecule has 11 heteroatoms. The number of aromatic nitrogens is 3. The zero-order valence-corrected chi connectivity index (χ0v) is 20.9. The fraction of sp³-hybridized carbons (Fsp3) is 0.286. The molecule has 2 aromatic heterocycles. The number of β-amino-alcohol motifs (C(OH)–C–C–N with tert-alkyl or cyclic N) is 1. The van der Waals surface area contributed by atoms with Crippen molar-refractivity contribution in [2.45, 2.75) is 31.4 Å². The second-order valence-corrected chi connectivity index (χ2v) is 9.81. The van der Waals surface area contributed by atoms with Gasteiger partial charge in [0.1, 0.15) is 23.5 Å². The number of amides is 1. The SMILES string of the molecule is N#Cc1cc(C(=O)Nc2cnc3ccc(N4CCC[C@@H]4c4cc(F)ccc4F)nn23)ccc1N1CC[C@H](O)C1. The van der Waals surface area contributed by atoms with Gasteiger partial charge in [0.25, 0.3) is 5.91 Å². The molecule has 0 spiro atoms. The molecule has 0 unspecified atom stereocenters. The van der Waals surface area contributed by atoms with Gasteiger partial charge in [0.05, 0.1) is 29.6 Å². The van der Waals surface area contributed by atoms with E-state index in [9.17, 15) is 23.9 Å². The van der Waals surface area contributed by atoms with Gasteiger partial charge >= 0.3 is 0 Å². The number of fused-ring (bicyclic) bond motifs is 1. The lowest BCUT2D eigenvalue weighted by Gasteiger charge is -2.26. The van der Waals surface area contributed by atoms with Crippen LogP contribution in [0.3, 0.4) is 0 Å². The monoisotopic (exact) mass is 529 g/mol. The van der Waals surface area contributed by atoms with Crippen molar-refractivity contribution in [3.05, 3.63) is 83.1 Å². The first-order chi connectivity index (χ1) is 18.9. The molecule has 2 N–H and O–H groups in total. The Morgan fingerprint density at radius 2 is 1.97 bits per heavy atom. The molecule has 0 radical (unpaired) electrons. The van der Waals surface area contributed by atoms with Crippen LogP contribution in [0, 0.1) is 23.0 Å². The van der Waals surface area contributed by atoms with E-state index < -0.39 is 23.6 Å². The number of carbonyl (C=O) groups excluding carboxylic acids is 1. The number of benzene rings is 2. The zero-order valence-electron chi connectivity index (χ0n) is 20.9. The van der Waals surface area contributed by atoms with Crippen molar-refractivity contribution in [3.8, 4) is 6.07 Å². The van der Waals surface area contributed by atoms with E-state index >= 15 is 0 Å². The zero-order chi connectivity index (χ0) is 27.1. The Balaban J connectivity index is 1.26. The Labute approximate surface area is 222 Å². The third kappa shape index (κ3) is 4.64.